The molecule has 1 amide bonds. The van der Waals surface area contributed by atoms with E-state index in [1.807, 2.05) is 19.1 Å². The van der Waals surface area contributed by atoms with Gasteiger partial charge in [-0.25, -0.2) is 0 Å². The third kappa shape index (κ3) is 3.29. The lowest BCUT2D eigenvalue weighted by Gasteiger charge is -2.27. The van der Waals surface area contributed by atoms with E-state index < -0.39 is 0 Å². The minimum atomic E-state index is 0.0107. The van der Waals surface area contributed by atoms with Crippen LogP contribution in [0, 0.1) is 12.8 Å². The summed E-state index contributed by atoms with van der Waals surface area (Å²) in [5.41, 5.74) is 1.60. The Balaban J connectivity index is 1.94. The lowest BCUT2D eigenvalue weighted by Crippen LogP contribution is -2.38. The van der Waals surface area contributed by atoms with Crippen LogP contribution in [0.25, 0.3) is 0 Å². The molecule has 1 N–H and O–H groups in total. The molecule has 1 aromatic heterocycles. The number of nitrogens with zero attached hydrogens (tertiary/aromatic N) is 1. The quantitative estimate of drug-likeness (QED) is 0.851. The van der Waals surface area contributed by atoms with Gasteiger partial charge in [-0.15, -0.1) is 0 Å². The number of carbonyl (C=O) groups is 1. The van der Waals surface area contributed by atoms with Crippen LogP contribution >= 0.6 is 0 Å². The molecule has 0 saturated heterocycles. The van der Waals surface area contributed by atoms with Crippen molar-refractivity contribution in [2.24, 2.45) is 5.92 Å². The van der Waals surface area contributed by atoms with Crippen LogP contribution in [-0.4, -0.2) is 16.9 Å². The summed E-state index contributed by atoms with van der Waals surface area (Å²) in [6.07, 6.45) is 6.37. The summed E-state index contributed by atoms with van der Waals surface area (Å²) in [5.74, 6) is 0.738. The molecule has 0 aromatic carbocycles. The van der Waals surface area contributed by atoms with Gasteiger partial charge in [-0.3, -0.25) is 9.78 Å². The van der Waals surface area contributed by atoms with Gasteiger partial charge in [-0.1, -0.05) is 19.8 Å². The molecular weight excluding hydrogens is 212 g/mol. The van der Waals surface area contributed by atoms with Gasteiger partial charge in [0.05, 0.1) is 5.56 Å². The number of aryl methyl sites for hydroxylation is 1. The summed E-state index contributed by atoms with van der Waals surface area (Å²) in [6, 6.07) is 4.05. The maximum absolute atomic E-state index is 12.0. The van der Waals surface area contributed by atoms with Crippen molar-refractivity contribution in [3.8, 4) is 0 Å². The first-order chi connectivity index (χ1) is 8.15. The molecule has 2 unspecified atom stereocenters. The highest BCUT2D eigenvalue weighted by Gasteiger charge is 2.20. The first kappa shape index (κ1) is 12.1. The van der Waals surface area contributed by atoms with Crippen LogP contribution < -0.4 is 5.32 Å². The van der Waals surface area contributed by atoms with E-state index in [0.717, 1.165) is 24.5 Å². The SMILES string of the molecule is Cc1ccc(C(=O)NC2CCCC(C)C2)cn1. The molecule has 1 aliphatic rings. The smallest absolute Gasteiger partial charge is 0.253 e. The number of rotatable bonds is 2. The fourth-order valence-electron chi connectivity index (χ4n) is 2.44. The lowest BCUT2D eigenvalue weighted by molar-refractivity contribution is 0.0921. The van der Waals surface area contributed by atoms with Crippen molar-refractivity contribution in [3.05, 3.63) is 29.6 Å². The van der Waals surface area contributed by atoms with Gasteiger partial charge in [-0.2, -0.15) is 0 Å². The van der Waals surface area contributed by atoms with Gasteiger partial charge in [0.15, 0.2) is 0 Å². The predicted octanol–water partition coefficient (Wildman–Crippen LogP) is 2.70. The average Bonchev–Trinajstić information content (AvgIpc) is 2.29. The molecule has 2 atom stereocenters. The van der Waals surface area contributed by atoms with Crippen LogP contribution in [0.5, 0.6) is 0 Å². The van der Waals surface area contributed by atoms with Crippen LogP contribution in [0.15, 0.2) is 18.3 Å². The van der Waals surface area contributed by atoms with E-state index in [-0.39, 0.29) is 5.91 Å². The molecular formula is C14H20N2O. The van der Waals surface area contributed by atoms with E-state index in [1.54, 1.807) is 6.20 Å². The van der Waals surface area contributed by atoms with Crippen LogP contribution in [-0.2, 0) is 0 Å². The molecule has 0 aliphatic heterocycles. The summed E-state index contributed by atoms with van der Waals surface area (Å²) < 4.78 is 0. The van der Waals surface area contributed by atoms with Gasteiger partial charge in [0.25, 0.3) is 5.91 Å². The molecule has 2 rings (SSSR count). The van der Waals surface area contributed by atoms with Gasteiger partial charge < -0.3 is 5.32 Å². The number of carbonyl (C=O) groups excluding carboxylic acids is 1. The average molecular weight is 232 g/mol. The van der Waals surface area contributed by atoms with Crippen molar-refractivity contribution in [2.45, 2.75) is 45.6 Å². The van der Waals surface area contributed by atoms with Crippen LogP contribution in [0.3, 0.4) is 0 Å². The van der Waals surface area contributed by atoms with Crippen LogP contribution in [0.1, 0.15) is 48.7 Å². The zero-order chi connectivity index (χ0) is 12.3. The Kier molecular flexibility index (Phi) is 3.77. The highest BCUT2D eigenvalue weighted by molar-refractivity contribution is 5.94. The predicted molar refractivity (Wildman–Crippen MR) is 67.9 cm³/mol. The minimum absolute atomic E-state index is 0.0107. The molecule has 3 heteroatoms. The van der Waals surface area contributed by atoms with E-state index in [0.29, 0.717) is 11.6 Å². The lowest BCUT2D eigenvalue weighted by atomic mass is 9.87. The molecule has 1 saturated carbocycles. The van der Waals surface area contributed by atoms with E-state index in [1.165, 1.54) is 12.8 Å². The summed E-state index contributed by atoms with van der Waals surface area (Å²) in [7, 11) is 0. The monoisotopic (exact) mass is 232 g/mol. The molecule has 3 nitrogen and oxygen atoms in total. The molecule has 1 heterocycles. The molecule has 1 fully saturated rings. The number of pyridine rings is 1. The Hall–Kier alpha value is -1.38. The van der Waals surface area contributed by atoms with Crippen LogP contribution in [0.4, 0.5) is 0 Å². The molecule has 1 aliphatic carbocycles. The van der Waals surface area contributed by atoms with Gasteiger partial charge >= 0.3 is 0 Å². The van der Waals surface area contributed by atoms with Gasteiger partial charge in [0, 0.05) is 17.9 Å². The van der Waals surface area contributed by atoms with Gasteiger partial charge in [0.1, 0.15) is 0 Å². The third-order valence-electron chi connectivity index (χ3n) is 3.45. The minimum Gasteiger partial charge on any atom is -0.349 e. The van der Waals surface area contributed by atoms with E-state index in [2.05, 4.69) is 17.2 Å². The highest BCUT2D eigenvalue weighted by atomic mass is 16.1. The second-order valence-electron chi connectivity index (χ2n) is 5.13. The van der Waals surface area contributed by atoms with Crippen molar-refractivity contribution >= 4 is 5.91 Å². The summed E-state index contributed by atoms with van der Waals surface area (Å²) in [5, 5.41) is 3.11. The zero-order valence-corrected chi connectivity index (χ0v) is 10.6. The van der Waals surface area contributed by atoms with Crippen molar-refractivity contribution < 1.29 is 4.79 Å². The van der Waals surface area contributed by atoms with Crippen molar-refractivity contribution in [1.29, 1.82) is 0 Å². The Bertz CT molecular complexity index is 386. The second kappa shape index (κ2) is 5.30. The molecule has 0 radical (unpaired) electrons. The Labute approximate surface area is 103 Å². The molecule has 17 heavy (non-hydrogen) atoms. The van der Waals surface area contributed by atoms with E-state index in [4.69, 9.17) is 0 Å². The van der Waals surface area contributed by atoms with Crippen molar-refractivity contribution in [1.82, 2.24) is 10.3 Å². The first-order valence-corrected chi connectivity index (χ1v) is 6.38. The summed E-state index contributed by atoms with van der Waals surface area (Å²) in [6.45, 7) is 4.18. The third-order valence-corrected chi connectivity index (χ3v) is 3.45. The number of hydrogen-bond acceptors (Lipinski definition) is 2. The maximum atomic E-state index is 12.0. The molecule has 0 bridgehead atoms. The fraction of sp³-hybridized carbons (Fsp3) is 0.571. The normalized spacial score (nSPS) is 24.4. The Morgan fingerprint density at radius 1 is 1.41 bits per heavy atom. The summed E-state index contributed by atoms with van der Waals surface area (Å²) in [4.78, 5) is 16.1. The van der Waals surface area contributed by atoms with Crippen LogP contribution in [0.2, 0.25) is 0 Å². The van der Waals surface area contributed by atoms with Gasteiger partial charge in [0.2, 0.25) is 0 Å². The number of nitrogens with one attached hydrogen (secondary N) is 1. The number of amides is 1. The molecule has 0 spiro atoms. The number of hydrogen-bond donors (Lipinski definition) is 1. The second-order valence-corrected chi connectivity index (χ2v) is 5.13. The van der Waals surface area contributed by atoms with E-state index in [9.17, 15) is 4.79 Å². The van der Waals surface area contributed by atoms with Gasteiger partial charge in [-0.05, 0) is 37.8 Å². The first-order valence-electron chi connectivity index (χ1n) is 6.38. The topological polar surface area (TPSA) is 42.0 Å². The van der Waals surface area contributed by atoms with Crippen molar-refractivity contribution in [2.75, 3.05) is 0 Å². The Morgan fingerprint density at radius 3 is 2.88 bits per heavy atom. The number of aromatic nitrogens is 1. The van der Waals surface area contributed by atoms with Crippen molar-refractivity contribution in [3.63, 3.8) is 0 Å². The molecule has 1 aromatic rings. The zero-order valence-electron chi connectivity index (χ0n) is 10.6. The maximum Gasteiger partial charge on any atom is 0.253 e. The van der Waals surface area contributed by atoms with E-state index >= 15 is 0 Å². The highest BCUT2D eigenvalue weighted by Crippen LogP contribution is 2.23. The standard InChI is InChI=1S/C14H20N2O/c1-10-4-3-5-13(8-10)16-14(17)12-7-6-11(2)15-9-12/h6-7,9-10,13H,3-5,8H2,1-2H3,(H,16,17). The summed E-state index contributed by atoms with van der Waals surface area (Å²) >= 11 is 0. The fourth-order valence-corrected chi connectivity index (χ4v) is 2.44. The Morgan fingerprint density at radius 2 is 2.24 bits per heavy atom. The molecule has 92 valence electrons. The largest absolute Gasteiger partial charge is 0.349 e.